The van der Waals surface area contributed by atoms with Crippen molar-refractivity contribution in [3.8, 4) is 17.3 Å². The van der Waals surface area contributed by atoms with Crippen molar-refractivity contribution < 1.29 is 17.6 Å². The number of anilines is 1. The molecule has 0 atom stereocenters. The van der Waals surface area contributed by atoms with Crippen LogP contribution >= 0.6 is 11.6 Å². The van der Waals surface area contributed by atoms with Gasteiger partial charge < -0.3 is 0 Å². The molecule has 1 heterocycles. The van der Waals surface area contributed by atoms with Crippen LogP contribution in [0.15, 0.2) is 52.4 Å². The van der Waals surface area contributed by atoms with Crippen LogP contribution in [-0.4, -0.2) is 16.2 Å². The first-order chi connectivity index (χ1) is 14.2. The van der Waals surface area contributed by atoms with E-state index in [4.69, 9.17) is 11.6 Å². The highest BCUT2D eigenvalue weighted by molar-refractivity contribution is 6.31. The summed E-state index contributed by atoms with van der Waals surface area (Å²) >= 11 is 5.45. The van der Waals surface area contributed by atoms with Gasteiger partial charge in [0.25, 0.3) is 5.56 Å². The number of H-pyrrole nitrogens is 1. The maximum atomic E-state index is 14.1. The smallest absolute Gasteiger partial charge is 0.290 e. The van der Waals surface area contributed by atoms with Crippen LogP contribution in [0.25, 0.3) is 11.3 Å². The lowest BCUT2D eigenvalue weighted by atomic mass is 10.1. The number of halogens is 5. The lowest BCUT2D eigenvalue weighted by Gasteiger charge is -2.10. The Balaban J connectivity index is 1.91. The quantitative estimate of drug-likeness (QED) is 0.357. The van der Waals surface area contributed by atoms with Gasteiger partial charge in [-0.05, 0) is 12.1 Å². The summed E-state index contributed by atoms with van der Waals surface area (Å²) in [6.07, 6.45) is -3.92. The van der Waals surface area contributed by atoms with E-state index in [0.29, 0.717) is 11.6 Å². The number of hydrogen-bond donors (Lipinski definition) is 2. The number of hydrazone groups is 1. The average molecular weight is 436 g/mol. The third-order valence-electron chi connectivity index (χ3n) is 3.87. The first-order valence-electron chi connectivity index (χ1n) is 8.16. The van der Waals surface area contributed by atoms with E-state index >= 15 is 0 Å². The summed E-state index contributed by atoms with van der Waals surface area (Å²) in [4.78, 5) is 18.6. The summed E-state index contributed by atoms with van der Waals surface area (Å²) in [7, 11) is 0. The summed E-state index contributed by atoms with van der Waals surface area (Å²) in [5.41, 5.74) is 0.388. The molecular formula is C19H10ClF4N5O. The minimum absolute atomic E-state index is 0.100. The van der Waals surface area contributed by atoms with Crippen molar-refractivity contribution in [2.24, 2.45) is 5.10 Å². The standard InChI is InChI=1S/C19H10ClF4N5O/c20-14-13(19(22,23)24)7-6-11(15(14)21)9-26-29-18-27-16(10-4-2-1-3-5-10)12(8-25)17(30)28-18/h1-7,9H,(H2,27,28,29,30). The Morgan fingerprint density at radius 2 is 1.90 bits per heavy atom. The molecule has 0 aliphatic carbocycles. The number of nitrogens with one attached hydrogen (secondary N) is 2. The average Bonchev–Trinajstić information content (AvgIpc) is 2.70. The molecule has 11 heteroatoms. The van der Waals surface area contributed by atoms with Crippen LogP contribution in [0, 0.1) is 17.1 Å². The Hall–Kier alpha value is -3.71. The zero-order chi connectivity index (χ0) is 21.9. The fraction of sp³-hybridized carbons (Fsp3) is 0.0526. The van der Waals surface area contributed by atoms with Crippen molar-refractivity contribution in [2.45, 2.75) is 6.18 Å². The van der Waals surface area contributed by atoms with E-state index in [1.54, 1.807) is 36.4 Å². The second-order valence-electron chi connectivity index (χ2n) is 5.81. The molecule has 0 unspecified atom stereocenters. The van der Waals surface area contributed by atoms with Crippen molar-refractivity contribution in [3.05, 3.63) is 80.3 Å². The van der Waals surface area contributed by atoms with Crippen LogP contribution < -0.4 is 11.0 Å². The molecule has 6 nitrogen and oxygen atoms in total. The van der Waals surface area contributed by atoms with E-state index in [0.717, 1.165) is 12.3 Å². The highest BCUT2D eigenvalue weighted by atomic mass is 35.5. The van der Waals surface area contributed by atoms with Crippen LogP contribution in [0.3, 0.4) is 0 Å². The van der Waals surface area contributed by atoms with Gasteiger partial charge in [0.1, 0.15) is 11.6 Å². The zero-order valence-corrected chi connectivity index (χ0v) is 15.5. The number of hydrogen-bond acceptors (Lipinski definition) is 5. The molecule has 0 aliphatic heterocycles. The third kappa shape index (κ3) is 4.31. The molecule has 2 N–H and O–H groups in total. The molecule has 0 saturated carbocycles. The first kappa shape index (κ1) is 21.0. The highest BCUT2D eigenvalue weighted by Gasteiger charge is 2.34. The largest absolute Gasteiger partial charge is 0.417 e. The van der Waals surface area contributed by atoms with Crippen LogP contribution in [0.2, 0.25) is 5.02 Å². The molecule has 0 aliphatic rings. The SMILES string of the molecule is N#Cc1c(-c2ccccc2)nc(NN=Cc2ccc(C(F)(F)F)c(Cl)c2F)[nH]c1=O. The van der Waals surface area contributed by atoms with Gasteiger partial charge in [-0.1, -0.05) is 41.9 Å². The van der Waals surface area contributed by atoms with Crippen molar-refractivity contribution in [2.75, 3.05) is 5.43 Å². The van der Waals surface area contributed by atoms with Crippen molar-refractivity contribution in [3.63, 3.8) is 0 Å². The molecule has 0 amide bonds. The summed E-state index contributed by atoms with van der Waals surface area (Å²) in [5.74, 6) is -1.46. The molecular weight excluding hydrogens is 426 g/mol. The molecule has 152 valence electrons. The van der Waals surface area contributed by atoms with E-state index in [9.17, 15) is 27.6 Å². The molecule has 0 radical (unpaired) electrons. The predicted octanol–water partition coefficient (Wildman–Crippen LogP) is 4.57. The minimum Gasteiger partial charge on any atom is -0.290 e. The van der Waals surface area contributed by atoms with E-state index in [2.05, 4.69) is 20.5 Å². The Morgan fingerprint density at radius 1 is 1.20 bits per heavy atom. The highest BCUT2D eigenvalue weighted by Crippen LogP contribution is 2.36. The monoisotopic (exact) mass is 435 g/mol. The molecule has 3 rings (SSSR count). The molecule has 0 saturated heterocycles. The zero-order valence-electron chi connectivity index (χ0n) is 14.8. The first-order valence-corrected chi connectivity index (χ1v) is 8.54. The van der Waals surface area contributed by atoms with E-state index in [1.807, 2.05) is 0 Å². The van der Waals surface area contributed by atoms with Gasteiger partial charge in [-0.15, -0.1) is 0 Å². The Kier molecular flexibility index (Phi) is 5.84. The van der Waals surface area contributed by atoms with Crippen LogP contribution in [-0.2, 0) is 6.18 Å². The van der Waals surface area contributed by atoms with Crippen molar-refractivity contribution in [1.29, 1.82) is 5.26 Å². The van der Waals surface area contributed by atoms with Gasteiger partial charge in [0.15, 0.2) is 5.82 Å². The normalized spacial score (nSPS) is 11.5. The lowest BCUT2D eigenvalue weighted by molar-refractivity contribution is -0.137. The van der Waals surface area contributed by atoms with E-state index in [1.165, 1.54) is 0 Å². The maximum Gasteiger partial charge on any atom is 0.417 e. The van der Waals surface area contributed by atoms with Gasteiger partial charge in [-0.25, -0.2) is 14.8 Å². The van der Waals surface area contributed by atoms with Gasteiger partial charge in [-0.2, -0.15) is 23.5 Å². The molecule has 0 spiro atoms. The van der Waals surface area contributed by atoms with Gasteiger partial charge in [0, 0.05) is 11.1 Å². The van der Waals surface area contributed by atoms with E-state index in [-0.39, 0.29) is 22.8 Å². The lowest BCUT2D eigenvalue weighted by Crippen LogP contribution is -2.16. The maximum absolute atomic E-state index is 14.1. The van der Waals surface area contributed by atoms with E-state index < -0.39 is 28.1 Å². The number of alkyl halides is 3. The Morgan fingerprint density at radius 3 is 2.53 bits per heavy atom. The molecule has 2 aromatic carbocycles. The summed E-state index contributed by atoms with van der Waals surface area (Å²) < 4.78 is 52.4. The van der Waals surface area contributed by atoms with Crippen LogP contribution in [0.1, 0.15) is 16.7 Å². The summed E-state index contributed by atoms with van der Waals surface area (Å²) in [6, 6.07) is 11.7. The topological polar surface area (TPSA) is 93.9 Å². The van der Waals surface area contributed by atoms with Gasteiger partial charge >= 0.3 is 6.18 Å². The third-order valence-corrected chi connectivity index (χ3v) is 4.24. The van der Waals surface area contributed by atoms with Gasteiger partial charge in [-0.3, -0.25) is 9.78 Å². The number of nitrogens with zero attached hydrogens (tertiary/aromatic N) is 3. The van der Waals surface area contributed by atoms with Gasteiger partial charge in [0.05, 0.1) is 22.5 Å². The summed E-state index contributed by atoms with van der Waals surface area (Å²) in [6.45, 7) is 0. The molecule has 30 heavy (non-hydrogen) atoms. The predicted molar refractivity (Wildman–Crippen MR) is 103 cm³/mol. The molecule has 3 aromatic rings. The van der Waals surface area contributed by atoms with Crippen LogP contribution in [0.4, 0.5) is 23.5 Å². The Labute approximate surface area is 171 Å². The number of aromatic amines is 1. The van der Waals surface area contributed by atoms with Crippen molar-refractivity contribution in [1.82, 2.24) is 9.97 Å². The Bertz CT molecular complexity index is 1220. The number of benzene rings is 2. The number of nitriles is 1. The van der Waals surface area contributed by atoms with Gasteiger partial charge in [0.2, 0.25) is 5.95 Å². The fourth-order valence-electron chi connectivity index (χ4n) is 2.48. The second-order valence-corrected chi connectivity index (χ2v) is 6.19. The van der Waals surface area contributed by atoms with Crippen LogP contribution in [0.5, 0.6) is 0 Å². The number of aromatic nitrogens is 2. The minimum atomic E-state index is -4.80. The summed E-state index contributed by atoms with van der Waals surface area (Å²) in [5, 5.41) is 11.8. The van der Waals surface area contributed by atoms with Crippen molar-refractivity contribution >= 4 is 23.8 Å². The molecule has 0 bridgehead atoms. The second kappa shape index (κ2) is 8.34. The molecule has 1 aromatic heterocycles. The molecule has 0 fully saturated rings. The fourth-order valence-corrected chi connectivity index (χ4v) is 2.76. The number of rotatable bonds is 4.